The van der Waals surface area contributed by atoms with Gasteiger partial charge in [0.25, 0.3) is 6.71 Å². The fourth-order valence-electron chi connectivity index (χ4n) is 10.8. The lowest BCUT2D eigenvalue weighted by atomic mass is 9.33. The van der Waals surface area contributed by atoms with Gasteiger partial charge in [0.05, 0.1) is 5.69 Å². The number of nitrogens with zero attached hydrogens (tertiary/aromatic N) is 2. The maximum absolute atomic E-state index is 7.32. The van der Waals surface area contributed by atoms with Crippen LogP contribution in [0.15, 0.2) is 159 Å². The second-order valence-electron chi connectivity index (χ2n) is 21.3. The fourth-order valence-corrected chi connectivity index (χ4v) is 10.8. The van der Waals surface area contributed by atoms with E-state index < -0.39 is 0 Å². The highest BCUT2D eigenvalue weighted by Gasteiger charge is 2.47. The summed E-state index contributed by atoms with van der Waals surface area (Å²) in [5.41, 5.74) is 20.2. The first kappa shape index (κ1) is 41.3. The Hall–Kier alpha value is -7.18. The third-order valence-corrected chi connectivity index (χ3v) is 14.3. The molecule has 0 radical (unpaired) electrons. The fraction of sp³-hybridized carbons (Fsp3) is 0.213. The monoisotopic (exact) mass is 874 g/mol. The number of aryl methyl sites for hydroxylation is 2. The Morgan fingerprint density at radius 2 is 1.10 bits per heavy atom. The van der Waals surface area contributed by atoms with Gasteiger partial charge in [-0.2, -0.15) is 0 Å². The van der Waals surface area contributed by atoms with Gasteiger partial charge in [-0.3, -0.25) is 4.90 Å². The van der Waals surface area contributed by atoms with E-state index in [0.717, 1.165) is 89.9 Å². The highest BCUT2D eigenvalue weighted by Crippen LogP contribution is 2.50. The van der Waals surface area contributed by atoms with E-state index in [9.17, 15) is 0 Å². The molecule has 0 unspecified atom stereocenters. The molecule has 0 aliphatic carbocycles. The van der Waals surface area contributed by atoms with Crippen LogP contribution in [0.4, 0.5) is 34.3 Å². The molecule has 5 nitrogen and oxygen atoms in total. The SMILES string of the molecule is Cc1cc(C(C)(C)C)cc(C)c1N1c2cc(C(C)C)cc3c2B(c2ccc(-c4cc5ccccc5o4)cc2N3c2cccc(-c3cc4ccccc4o3)c2)c2c1oc1ccc(C(C)(C)C)cc21. The molecular weight excluding hydrogens is 819 g/mol. The predicted octanol–water partition coefficient (Wildman–Crippen LogP) is 15.7. The minimum atomic E-state index is -0.141. The van der Waals surface area contributed by atoms with Crippen molar-refractivity contribution in [3.05, 3.63) is 173 Å². The molecule has 0 amide bonds. The molecule has 3 aromatic heterocycles. The van der Waals surface area contributed by atoms with Crippen molar-refractivity contribution in [1.82, 2.24) is 0 Å². The second kappa shape index (κ2) is 14.7. The van der Waals surface area contributed by atoms with Crippen LogP contribution in [-0.4, -0.2) is 6.71 Å². The first-order chi connectivity index (χ1) is 32.1. The molecule has 0 saturated heterocycles. The van der Waals surface area contributed by atoms with E-state index in [-0.39, 0.29) is 23.5 Å². The van der Waals surface area contributed by atoms with Crippen LogP contribution in [0.1, 0.15) is 89.1 Å². The van der Waals surface area contributed by atoms with Crippen LogP contribution in [0.25, 0.3) is 55.6 Å². The third-order valence-electron chi connectivity index (χ3n) is 14.3. The Balaban J connectivity index is 1.19. The molecular formula is C61H55BN2O3. The van der Waals surface area contributed by atoms with Gasteiger partial charge in [-0.25, -0.2) is 0 Å². The van der Waals surface area contributed by atoms with Gasteiger partial charge in [-0.1, -0.05) is 134 Å². The number of hydrogen-bond acceptors (Lipinski definition) is 5. The first-order valence-corrected chi connectivity index (χ1v) is 23.8. The van der Waals surface area contributed by atoms with E-state index >= 15 is 0 Å². The summed E-state index contributed by atoms with van der Waals surface area (Å²) in [6.07, 6.45) is 0. The van der Waals surface area contributed by atoms with Gasteiger partial charge in [0.15, 0.2) is 0 Å². The lowest BCUT2D eigenvalue weighted by Gasteiger charge is -2.43. The largest absolute Gasteiger partial charge is 0.456 e. The number of para-hydroxylation sites is 2. The summed E-state index contributed by atoms with van der Waals surface area (Å²) < 4.78 is 20.4. The lowest BCUT2D eigenvalue weighted by Crippen LogP contribution is -2.61. The highest BCUT2D eigenvalue weighted by molar-refractivity contribution is 7.01. The van der Waals surface area contributed by atoms with E-state index in [2.05, 4.69) is 200 Å². The predicted molar refractivity (Wildman–Crippen MR) is 282 cm³/mol. The van der Waals surface area contributed by atoms with Crippen LogP contribution < -0.4 is 26.2 Å². The summed E-state index contributed by atoms with van der Waals surface area (Å²) >= 11 is 0. The zero-order valence-electron chi connectivity index (χ0n) is 40.1. The van der Waals surface area contributed by atoms with Gasteiger partial charge in [0.2, 0.25) is 5.88 Å². The molecule has 0 spiro atoms. The van der Waals surface area contributed by atoms with Crippen LogP contribution in [0, 0.1) is 13.8 Å². The topological polar surface area (TPSA) is 45.9 Å². The van der Waals surface area contributed by atoms with Crippen molar-refractivity contribution in [3.8, 4) is 22.6 Å². The molecule has 7 aromatic carbocycles. The third kappa shape index (κ3) is 6.51. The zero-order valence-corrected chi connectivity index (χ0v) is 40.1. The van der Waals surface area contributed by atoms with Crippen LogP contribution in [0.2, 0.25) is 0 Å². The Bertz CT molecular complexity index is 3550. The quantitative estimate of drug-likeness (QED) is 0.161. The van der Waals surface area contributed by atoms with Gasteiger partial charge in [-0.05, 0) is 136 Å². The molecule has 2 aliphatic heterocycles. The van der Waals surface area contributed by atoms with Crippen LogP contribution in [0.5, 0.6) is 0 Å². The molecule has 330 valence electrons. The van der Waals surface area contributed by atoms with E-state index in [1.807, 2.05) is 24.3 Å². The van der Waals surface area contributed by atoms with Crippen LogP contribution in [0.3, 0.4) is 0 Å². The normalized spacial score (nSPS) is 13.6. The number of rotatable bonds is 5. The van der Waals surface area contributed by atoms with Crippen molar-refractivity contribution >= 4 is 90.3 Å². The summed E-state index contributed by atoms with van der Waals surface area (Å²) in [6, 6.07) is 53.1. The molecule has 12 rings (SSSR count). The molecule has 10 aromatic rings. The standard InChI is InChI=1S/C61H55BN2O3/c1-35(2)42-30-49-57-50(31-42)64(58-36(3)26-44(27-37(58)4)61(8,9)10)59-56(46-34-43(60(5,6)7)23-25-53(46)67-59)62(57)47-24-22-41(55-33-40-17-12-14-21-52(40)66-55)29-48(47)63(49)45-19-15-18-38(28-45)54-32-39-16-11-13-20-51(39)65-54/h11-35H,1-10H3. The molecule has 2 aliphatic rings. The Labute approximate surface area is 393 Å². The zero-order chi connectivity index (χ0) is 46.3. The summed E-state index contributed by atoms with van der Waals surface area (Å²) in [4.78, 5) is 4.98. The Morgan fingerprint density at radius 3 is 1.72 bits per heavy atom. The average molecular weight is 875 g/mol. The molecule has 0 bridgehead atoms. The number of hydrogen-bond donors (Lipinski definition) is 0. The second-order valence-corrected chi connectivity index (χ2v) is 21.3. The van der Waals surface area contributed by atoms with Crippen molar-refractivity contribution in [2.45, 2.75) is 86.0 Å². The molecule has 0 saturated carbocycles. The smallest absolute Gasteiger partial charge is 0.257 e. The summed E-state index contributed by atoms with van der Waals surface area (Å²) in [5, 5.41) is 3.32. The van der Waals surface area contributed by atoms with Gasteiger partial charge < -0.3 is 18.2 Å². The maximum Gasteiger partial charge on any atom is 0.257 e. The summed E-state index contributed by atoms with van der Waals surface area (Å²) in [6.45, 7) is 22.8. The highest BCUT2D eigenvalue weighted by atomic mass is 16.4. The number of benzene rings is 7. The Kier molecular flexibility index (Phi) is 9.03. The lowest BCUT2D eigenvalue weighted by molar-refractivity contribution is 0.589. The van der Waals surface area contributed by atoms with Crippen molar-refractivity contribution < 1.29 is 13.3 Å². The van der Waals surface area contributed by atoms with Crippen LogP contribution >= 0.6 is 0 Å². The van der Waals surface area contributed by atoms with Crippen molar-refractivity contribution in [1.29, 1.82) is 0 Å². The number of furan rings is 3. The summed E-state index contributed by atoms with van der Waals surface area (Å²) in [7, 11) is 0. The maximum atomic E-state index is 7.32. The van der Waals surface area contributed by atoms with Gasteiger partial charge in [0.1, 0.15) is 28.3 Å². The van der Waals surface area contributed by atoms with Crippen molar-refractivity contribution in [2.24, 2.45) is 0 Å². The molecule has 5 heterocycles. The molecule has 67 heavy (non-hydrogen) atoms. The van der Waals surface area contributed by atoms with Crippen molar-refractivity contribution in [3.63, 3.8) is 0 Å². The molecule has 0 atom stereocenters. The van der Waals surface area contributed by atoms with E-state index in [1.165, 1.54) is 44.2 Å². The van der Waals surface area contributed by atoms with Crippen LogP contribution in [-0.2, 0) is 10.8 Å². The molecule has 0 fully saturated rings. The first-order valence-electron chi connectivity index (χ1n) is 23.8. The van der Waals surface area contributed by atoms with Crippen molar-refractivity contribution in [2.75, 3.05) is 9.80 Å². The van der Waals surface area contributed by atoms with E-state index in [4.69, 9.17) is 13.3 Å². The number of fused-ring (bicyclic) bond motifs is 8. The number of anilines is 6. The molecule has 6 heteroatoms. The minimum Gasteiger partial charge on any atom is -0.456 e. The average Bonchev–Trinajstić information content (AvgIpc) is 4.04. The van der Waals surface area contributed by atoms with Gasteiger partial charge in [-0.15, -0.1) is 0 Å². The van der Waals surface area contributed by atoms with E-state index in [0.29, 0.717) is 0 Å². The molecule has 0 N–H and O–H groups in total. The summed E-state index contributed by atoms with van der Waals surface area (Å²) in [5.74, 6) is 2.80. The minimum absolute atomic E-state index is 0.00596. The van der Waals surface area contributed by atoms with E-state index in [1.54, 1.807) is 0 Å². The Morgan fingerprint density at radius 1 is 0.493 bits per heavy atom. The van der Waals surface area contributed by atoms with Gasteiger partial charge >= 0.3 is 0 Å². The van der Waals surface area contributed by atoms with Gasteiger partial charge in [0, 0.05) is 55.5 Å².